The Labute approximate surface area is 179 Å². The van der Waals surface area contributed by atoms with Gasteiger partial charge in [-0.3, -0.25) is 9.69 Å². The first-order chi connectivity index (χ1) is 14.0. The number of aromatic nitrogens is 1. The summed E-state index contributed by atoms with van der Waals surface area (Å²) in [4.78, 5) is 19.4. The van der Waals surface area contributed by atoms with E-state index in [4.69, 9.17) is 26.8 Å². The first-order valence-electron chi connectivity index (χ1n) is 9.34. The molecule has 1 amide bonds. The molecule has 0 bridgehead atoms. The van der Waals surface area contributed by atoms with Crippen molar-refractivity contribution in [2.45, 2.75) is 18.6 Å². The molecular formula is C19H26ClN5O3S. The highest BCUT2D eigenvalue weighted by Gasteiger charge is 2.31. The molecule has 1 aromatic heterocycles. The molecule has 3 rings (SSSR count). The fourth-order valence-corrected chi connectivity index (χ4v) is 4.10. The topological polar surface area (TPSA) is 102 Å². The Morgan fingerprint density at radius 2 is 2.28 bits per heavy atom. The minimum atomic E-state index is -0.255. The van der Waals surface area contributed by atoms with Gasteiger partial charge < -0.3 is 25.8 Å². The number of anilines is 2. The molecule has 1 aliphatic rings. The number of benzene rings is 1. The van der Waals surface area contributed by atoms with Gasteiger partial charge in [0.1, 0.15) is 5.75 Å². The number of carbonyl (C=O) groups excluding carboxylic acids is 1. The SMILES string of the molecule is COc1cc(N)c(Cl)cc1C(=O)N[C@H]1CCN(CCNc2nccs2)C[C@H]1OC. The predicted octanol–water partition coefficient (Wildman–Crippen LogP) is 2.32. The molecule has 4 N–H and O–H groups in total. The van der Waals surface area contributed by atoms with Crippen molar-refractivity contribution in [3.8, 4) is 5.75 Å². The Morgan fingerprint density at radius 1 is 1.45 bits per heavy atom. The van der Waals surface area contributed by atoms with Gasteiger partial charge in [0.15, 0.2) is 5.13 Å². The number of nitrogens with one attached hydrogen (secondary N) is 2. The van der Waals surface area contributed by atoms with Crippen LogP contribution in [-0.4, -0.2) is 68.3 Å². The molecule has 158 valence electrons. The molecule has 29 heavy (non-hydrogen) atoms. The summed E-state index contributed by atoms with van der Waals surface area (Å²) in [5.41, 5.74) is 6.53. The number of likely N-dealkylation sites (tertiary alicyclic amines) is 1. The number of piperidine rings is 1. The molecule has 1 fully saturated rings. The summed E-state index contributed by atoms with van der Waals surface area (Å²) in [5.74, 6) is 0.138. The summed E-state index contributed by atoms with van der Waals surface area (Å²) >= 11 is 7.67. The van der Waals surface area contributed by atoms with Crippen LogP contribution in [0.2, 0.25) is 5.02 Å². The van der Waals surface area contributed by atoms with Crippen molar-refractivity contribution in [2.75, 3.05) is 51.4 Å². The lowest BCUT2D eigenvalue weighted by Crippen LogP contribution is -2.55. The number of nitrogens with zero attached hydrogens (tertiary/aromatic N) is 2. The maximum Gasteiger partial charge on any atom is 0.255 e. The lowest BCUT2D eigenvalue weighted by atomic mass is 10.0. The summed E-state index contributed by atoms with van der Waals surface area (Å²) in [6, 6.07) is 2.99. The van der Waals surface area contributed by atoms with Crippen molar-refractivity contribution in [3.63, 3.8) is 0 Å². The zero-order valence-electron chi connectivity index (χ0n) is 16.5. The molecule has 0 aliphatic carbocycles. The van der Waals surface area contributed by atoms with Gasteiger partial charge >= 0.3 is 0 Å². The predicted molar refractivity (Wildman–Crippen MR) is 116 cm³/mol. The van der Waals surface area contributed by atoms with Gasteiger partial charge in [0.05, 0.1) is 35.5 Å². The third-order valence-electron chi connectivity index (χ3n) is 4.96. The van der Waals surface area contributed by atoms with Gasteiger partial charge in [-0.2, -0.15) is 0 Å². The number of rotatable bonds is 8. The Hall–Kier alpha value is -2.07. The number of methoxy groups -OCH3 is 2. The van der Waals surface area contributed by atoms with Crippen LogP contribution in [0.3, 0.4) is 0 Å². The molecule has 2 aromatic rings. The minimum absolute atomic E-state index is 0.100. The Kier molecular flexibility index (Phi) is 7.54. The smallest absolute Gasteiger partial charge is 0.255 e. The number of carbonyl (C=O) groups is 1. The zero-order valence-corrected chi connectivity index (χ0v) is 18.1. The number of thiazole rings is 1. The minimum Gasteiger partial charge on any atom is -0.496 e. The van der Waals surface area contributed by atoms with E-state index in [0.717, 1.165) is 37.7 Å². The van der Waals surface area contributed by atoms with Crippen LogP contribution in [0, 0.1) is 0 Å². The standard InChI is InChI=1S/C19H26ClN5O3S/c1-27-16-10-14(21)13(20)9-12(16)18(26)24-15-3-6-25(11-17(15)28-2)7-4-22-19-23-5-8-29-19/h5,8-10,15,17H,3-4,6-7,11,21H2,1-2H3,(H,22,23)(H,24,26)/t15-,17+/m0/s1. The van der Waals surface area contributed by atoms with Crippen LogP contribution in [-0.2, 0) is 4.74 Å². The van der Waals surface area contributed by atoms with E-state index in [-0.39, 0.29) is 18.1 Å². The van der Waals surface area contributed by atoms with Gasteiger partial charge in [-0.25, -0.2) is 4.98 Å². The molecule has 1 aliphatic heterocycles. The van der Waals surface area contributed by atoms with Crippen molar-refractivity contribution in [1.29, 1.82) is 0 Å². The summed E-state index contributed by atoms with van der Waals surface area (Å²) in [7, 11) is 3.16. The third-order valence-corrected chi connectivity index (χ3v) is 6.02. The van der Waals surface area contributed by atoms with Crippen molar-refractivity contribution in [1.82, 2.24) is 15.2 Å². The second-order valence-electron chi connectivity index (χ2n) is 6.78. The van der Waals surface area contributed by atoms with Crippen molar-refractivity contribution in [3.05, 3.63) is 34.3 Å². The fourth-order valence-electron chi connectivity index (χ4n) is 3.38. The highest BCUT2D eigenvalue weighted by molar-refractivity contribution is 7.13. The molecule has 0 saturated carbocycles. The van der Waals surface area contributed by atoms with Gasteiger partial charge in [-0.1, -0.05) is 11.6 Å². The lowest BCUT2D eigenvalue weighted by Gasteiger charge is -2.38. The maximum atomic E-state index is 12.8. The molecule has 0 spiro atoms. The largest absolute Gasteiger partial charge is 0.496 e. The van der Waals surface area contributed by atoms with Crippen LogP contribution < -0.4 is 21.1 Å². The summed E-state index contributed by atoms with van der Waals surface area (Å²) < 4.78 is 10.9. The molecule has 8 nitrogen and oxygen atoms in total. The number of hydrogen-bond acceptors (Lipinski definition) is 8. The van der Waals surface area contributed by atoms with Crippen LogP contribution in [0.4, 0.5) is 10.8 Å². The number of halogens is 1. The Balaban J connectivity index is 1.56. The van der Waals surface area contributed by atoms with E-state index in [1.54, 1.807) is 30.7 Å². The molecule has 10 heteroatoms. The van der Waals surface area contributed by atoms with E-state index >= 15 is 0 Å². The summed E-state index contributed by atoms with van der Waals surface area (Å²) in [6.45, 7) is 3.29. The van der Waals surface area contributed by atoms with Gasteiger partial charge in [-0.15, -0.1) is 11.3 Å². The molecule has 2 heterocycles. The molecular weight excluding hydrogens is 414 g/mol. The lowest BCUT2D eigenvalue weighted by molar-refractivity contribution is 0.00763. The van der Waals surface area contributed by atoms with E-state index in [1.807, 2.05) is 5.38 Å². The number of amides is 1. The summed E-state index contributed by atoms with van der Waals surface area (Å²) in [5, 5.41) is 9.56. The summed E-state index contributed by atoms with van der Waals surface area (Å²) in [6.07, 6.45) is 2.46. The van der Waals surface area contributed by atoms with Gasteiger partial charge in [-0.05, 0) is 12.5 Å². The maximum absolute atomic E-state index is 12.8. The molecule has 1 aromatic carbocycles. The van der Waals surface area contributed by atoms with E-state index in [2.05, 4.69) is 20.5 Å². The third kappa shape index (κ3) is 5.51. The number of ether oxygens (including phenoxy) is 2. The van der Waals surface area contributed by atoms with Gasteiger partial charge in [0.25, 0.3) is 5.91 Å². The van der Waals surface area contributed by atoms with Gasteiger partial charge in [0, 0.05) is 50.9 Å². The van der Waals surface area contributed by atoms with Crippen LogP contribution in [0.25, 0.3) is 0 Å². The molecule has 2 atom stereocenters. The molecule has 1 saturated heterocycles. The quantitative estimate of drug-likeness (QED) is 0.542. The monoisotopic (exact) mass is 439 g/mol. The average Bonchev–Trinajstić information content (AvgIpc) is 3.24. The van der Waals surface area contributed by atoms with Gasteiger partial charge in [0.2, 0.25) is 0 Å². The number of nitrogens with two attached hydrogens (primary N) is 1. The first-order valence-corrected chi connectivity index (χ1v) is 10.6. The Bertz CT molecular complexity index is 820. The molecule has 0 unspecified atom stereocenters. The molecule has 0 radical (unpaired) electrons. The zero-order chi connectivity index (χ0) is 20.8. The van der Waals surface area contributed by atoms with E-state index in [0.29, 0.717) is 22.0 Å². The highest BCUT2D eigenvalue weighted by atomic mass is 35.5. The highest BCUT2D eigenvalue weighted by Crippen LogP contribution is 2.29. The van der Waals surface area contributed by atoms with Crippen LogP contribution >= 0.6 is 22.9 Å². The second kappa shape index (κ2) is 10.1. The number of hydrogen-bond donors (Lipinski definition) is 3. The van der Waals surface area contributed by atoms with Crippen LogP contribution in [0.15, 0.2) is 23.7 Å². The van der Waals surface area contributed by atoms with E-state index in [9.17, 15) is 4.79 Å². The van der Waals surface area contributed by atoms with Crippen molar-refractivity contribution >= 4 is 39.7 Å². The second-order valence-corrected chi connectivity index (χ2v) is 8.08. The van der Waals surface area contributed by atoms with Crippen molar-refractivity contribution in [2.24, 2.45) is 0 Å². The normalized spacial score (nSPS) is 19.7. The fraction of sp³-hybridized carbons (Fsp3) is 0.474. The van der Waals surface area contributed by atoms with E-state index < -0.39 is 0 Å². The average molecular weight is 440 g/mol. The Morgan fingerprint density at radius 3 is 2.97 bits per heavy atom. The number of nitrogen functional groups attached to an aromatic ring is 1. The first kappa shape index (κ1) is 21.6. The van der Waals surface area contributed by atoms with Crippen LogP contribution in [0.5, 0.6) is 5.75 Å². The van der Waals surface area contributed by atoms with E-state index in [1.165, 1.54) is 13.2 Å². The van der Waals surface area contributed by atoms with Crippen molar-refractivity contribution < 1.29 is 14.3 Å². The van der Waals surface area contributed by atoms with Crippen LogP contribution in [0.1, 0.15) is 16.8 Å².